The molecule has 0 spiro atoms. The monoisotopic (exact) mass is 297 g/mol. The zero-order valence-electron chi connectivity index (χ0n) is 9.78. The molecular weight excluding hydrogens is 282 g/mol. The van der Waals surface area contributed by atoms with Crippen LogP contribution in [0.3, 0.4) is 0 Å². The minimum atomic E-state index is -0.518. The van der Waals surface area contributed by atoms with Crippen LogP contribution < -0.4 is 5.73 Å². The highest BCUT2D eigenvalue weighted by atomic mass is 79.9. The lowest BCUT2D eigenvalue weighted by Gasteiger charge is -2.43. The molecule has 0 amide bonds. The van der Waals surface area contributed by atoms with Gasteiger partial charge in [-0.3, -0.25) is 4.79 Å². The van der Waals surface area contributed by atoms with Crippen molar-refractivity contribution in [2.75, 3.05) is 7.11 Å². The molecule has 4 heteroatoms. The van der Waals surface area contributed by atoms with Crippen molar-refractivity contribution in [1.82, 2.24) is 0 Å². The summed E-state index contributed by atoms with van der Waals surface area (Å²) < 4.78 is 5.88. The van der Waals surface area contributed by atoms with Crippen LogP contribution in [0.2, 0.25) is 0 Å². The van der Waals surface area contributed by atoms with Crippen molar-refractivity contribution in [1.29, 1.82) is 0 Å². The fourth-order valence-corrected chi connectivity index (χ4v) is 2.84. The Morgan fingerprint density at radius 1 is 1.53 bits per heavy atom. The molecule has 1 aromatic rings. The molecule has 3 nitrogen and oxygen atoms in total. The quantitative estimate of drug-likeness (QED) is 0.873. The van der Waals surface area contributed by atoms with Crippen molar-refractivity contribution < 1.29 is 9.53 Å². The normalized spacial score (nSPS) is 19.2. The van der Waals surface area contributed by atoms with E-state index in [4.69, 9.17) is 10.5 Å². The molecular formula is C13H16BrNO2. The van der Waals surface area contributed by atoms with Crippen molar-refractivity contribution in [3.8, 4) is 0 Å². The minimum absolute atomic E-state index is 0.184. The van der Waals surface area contributed by atoms with Crippen molar-refractivity contribution >= 4 is 21.9 Å². The average molecular weight is 298 g/mol. The van der Waals surface area contributed by atoms with Gasteiger partial charge in [0.25, 0.3) is 0 Å². The summed E-state index contributed by atoms with van der Waals surface area (Å²) in [6.07, 6.45) is 2.66. The number of methoxy groups -OCH3 is 1. The van der Waals surface area contributed by atoms with Gasteiger partial charge in [-0.2, -0.15) is 0 Å². The van der Waals surface area contributed by atoms with Gasteiger partial charge in [-0.15, -0.1) is 0 Å². The van der Waals surface area contributed by atoms with E-state index in [-0.39, 0.29) is 12.0 Å². The highest BCUT2D eigenvalue weighted by molar-refractivity contribution is 9.10. The number of hydrogen-bond acceptors (Lipinski definition) is 3. The van der Waals surface area contributed by atoms with Crippen LogP contribution in [0.4, 0.5) is 0 Å². The molecule has 1 unspecified atom stereocenters. The Labute approximate surface area is 109 Å². The Morgan fingerprint density at radius 3 is 2.71 bits per heavy atom. The molecule has 0 aromatic heterocycles. The molecule has 1 aromatic carbocycles. The molecule has 0 aliphatic heterocycles. The molecule has 0 heterocycles. The molecule has 1 aliphatic rings. The molecule has 0 saturated heterocycles. The second-order valence-electron chi connectivity index (χ2n) is 4.53. The number of benzene rings is 1. The van der Waals surface area contributed by atoms with Crippen LogP contribution in [0.5, 0.6) is 0 Å². The first-order chi connectivity index (χ1) is 8.10. The predicted molar refractivity (Wildman–Crippen MR) is 69.4 cm³/mol. The van der Waals surface area contributed by atoms with Crippen LogP contribution >= 0.6 is 15.9 Å². The zero-order valence-corrected chi connectivity index (χ0v) is 11.4. The fourth-order valence-electron chi connectivity index (χ4n) is 2.42. The van der Waals surface area contributed by atoms with Crippen LogP contribution in [0.1, 0.15) is 30.9 Å². The van der Waals surface area contributed by atoms with Gasteiger partial charge in [-0.1, -0.05) is 34.5 Å². The number of halogens is 1. The molecule has 1 atom stereocenters. The number of hydrogen-bond donors (Lipinski definition) is 1. The Hall–Kier alpha value is -0.870. The standard InChI is InChI=1S/C13H16BrNO2/c1-17-12(16)13(6-3-7-13)11(15)9-4-2-5-10(14)8-9/h2,4-5,8,11H,3,6-7,15H2,1H3. The number of rotatable bonds is 3. The highest BCUT2D eigenvalue weighted by Crippen LogP contribution is 2.50. The van der Waals surface area contributed by atoms with E-state index < -0.39 is 5.41 Å². The third-order valence-corrected chi connectivity index (χ3v) is 4.13. The van der Waals surface area contributed by atoms with Gasteiger partial charge in [0.1, 0.15) is 0 Å². The topological polar surface area (TPSA) is 52.3 Å². The van der Waals surface area contributed by atoms with Crippen molar-refractivity contribution in [3.63, 3.8) is 0 Å². The number of esters is 1. The first kappa shape index (κ1) is 12.6. The molecule has 2 rings (SSSR count). The van der Waals surface area contributed by atoms with E-state index in [2.05, 4.69) is 15.9 Å². The highest BCUT2D eigenvalue weighted by Gasteiger charge is 2.50. The summed E-state index contributed by atoms with van der Waals surface area (Å²) in [6, 6.07) is 7.51. The van der Waals surface area contributed by atoms with Crippen molar-refractivity contribution in [2.45, 2.75) is 25.3 Å². The minimum Gasteiger partial charge on any atom is -0.469 e. The van der Waals surface area contributed by atoms with Crippen LogP contribution in [0.15, 0.2) is 28.7 Å². The molecule has 0 radical (unpaired) electrons. The first-order valence-electron chi connectivity index (χ1n) is 5.69. The summed E-state index contributed by atoms with van der Waals surface area (Å²) in [6.45, 7) is 0. The Kier molecular flexibility index (Phi) is 3.54. The van der Waals surface area contributed by atoms with Crippen LogP contribution in [0.25, 0.3) is 0 Å². The summed E-state index contributed by atoms with van der Waals surface area (Å²) in [4.78, 5) is 11.9. The molecule has 1 aliphatic carbocycles. The lowest BCUT2D eigenvalue weighted by Crippen LogP contribution is -2.47. The SMILES string of the molecule is COC(=O)C1(C(N)c2cccc(Br)c2)CCC1. The van der Waals surface area contributed by atoms with Crippen molar-refractivity contribution in [3.05, 3.63) is 34.3 Å². The lowest BCUT2D eigenvalue weighted by molar-refractivity contribution is -0.160. The van der Waals surface area contributed by atoms with Gasteiger partial charge in [-0.05, 0) is 30.5 Å². The summed E-state index contributed by atoms with van der Waals surface area (Å²) in [5.74, 6) is -0.184. The number of nitrogens with two attached hydrogens (primary N) is 1. The Morgan fingerprint density at radius 2 is 2.24 bits per heavy atom. The maximum absolute atomic E-state index is 11.9. The first-order valence-corrected chi connectivity index (χ1v) is 6.49. The summed E-state index contributed by atoms with van der Waals surface area (Å²) in [5, 5.41) is 0. The second kappa shape index (κ2) is 4.78. The molecule has 2 N–H and O–H groups in total. The zero-order chi connectivity index (χ0) is 12.5. The average Bonchev–Trinajstić information content (AvgIpc) is 2.27. The van der Waals surface area contributed by atoms with Gasteiger partial charge < -0.3 is 10.5 Å². The molecule has 1 saturated carbocycles. The van der Waals surface area contributed by atoms with Crippen molar-refractivity contribution in [2.24, 2.45) is 11.1 Å². The van der Waals surface area contributed by atoms with Crippen LogP contribution in [-0.2, 0) is 9.53 Å². The number of carbonyl (C=O) groups excluding carboxylic acids is 1. The molecule has 92 valence electrons. The Balaban J connectivity index is 2.29. The number of ether oxygens (including phenoxy) is 1. The van der Waals surface area contributed by atoms with Gasteiger partial charge in [0.05, 0.1) is 12.5 Å². The van der Waals surface area contributed by atoms with Gasteiger partial charge in [0.15, 0.2) is 0 Å². The summed E-state index contributed by atoms with van der Waals surface area (Å²) >= 11 is 3.42. The van der Waals surface area contributed by atoms with E-state index in [0.29, 0.717) is 0 Å². The van der Waals surface area contributed by atoms with Gasteiger partial charge in [0.2, 0.25) is 0 Å². The largest absolute Gasteiger partial charge is 0.469 e. The maximum Gasteiger partial charge on any atom is 0.313 e. The van der Waals surface area contributed by atoms with E-state index in [1.165, 1.54) is 7.11 Å². The molecule has 0 bridgehead atoms. The predicted octanol–water partition coefficient (Wildman–Crippen LogP) is 2.79. The van der Waals surface area contributed by atoms with Crippen LogP contribution in [-0.4, -0.2) is 13.1 Å². The second-order valence-corrected chi connectivity index (χ2v) is 5.45. The molecule has 17 heavy (non-hydrogen) atoms. The van der Waals surface area contributed by atoms with Gasteiger partial charge >= 0.3 is 5.97 Å². The lowest BCUT2D eigenvalue weighted by atomic mass is 9.62. The van der Waals surface area contributed by atoms with E-state index in [9.17, 15) is 4.79 Å². The van der Waals surface area contributed by atoms with E-state index in [1.807, 2.05) is 24.3 Å². The van der Waals surface area contributed by atoms with E-state index in [0.717, 1.165) is 29.3 Å². The fraction of sp³-hybridized carbons (Fsp3) is 0.462. The van der Waals surface area contributed by atoms with Gasteiger partial charge in [0, 0.05) is 10.5 Å². The number of carbonyl (C=O) groups is 1. The maximum atomic E-state index is 11.9. The Bertz CT molecular complexity index is 429. The third-order valence-electron chi connectivity index (χ3n) is 3.64. The van der Waals surface area contributed by atoms with E-state index in [1.54, 1.807) is 0 Å². The third kappa shape index (κ3) is 2.11. The van der Waals surface area contributed by atoms with Crippen LogP contribution in [0, 0.1) is 5.41 Å². The summed E-state index contributed by atoms with van der Waals surface area (Å²) in [5.41, 5.74) is 6.72. The van der Waals surface area contributed by atoms with E-state index >= 15 is 0 Å². The molecule has 1 fully saturated rings. The van der Waals surface area contributed by atoms with Gasteiger partial charge in [-0.25, -0.2) is 0 Å². The summed E-state index contributed by atoms with van der Waals surface area (Å²) in [7, 11) is 1.43. The smallest absolute Gasteiger partial charge is 0.313 e.